The van der Waals surface area contributed by atoms with Crippen molar-refractivity contribution in [3.8, 4) is 0 Å². The van der Waals surface area contributed by atoms with Gasteiger partial charge >= 0.3 is 0 Å². The van der Waals surface area contributed by atoms with Gasteiger partial charge in [0, 0.05) is 18.2 Å². The number of hydrogen-bond acceptors (Lipinski definition) is 2. The number of anilines is 1. The Morgan fingerprint density at radius 2 is 2.20 bits per heavy atom. The molecule has 2 heteroatoms. The van der Waals surface area contributed by atoms with Gasteiger partial charge in [-0.1, -0.05) is 12.1 Å². The molecule has 0 aliphatic carbocycles. The van der Waals surface area contributed by atoms with Gasteiger partial charge in [0.2, 0.25) is 0 Å². The number of rotatable bonds is 2. The zero-order valence-corrected chi connectivity index (χ0v) is 9.67. The topological polar surface area (TPSA) is 32.3 Å². The van der Waals surface area contributed by atoms with Crippen molar-refractivity contribution in [2.75, 3.05) is 11.9 Å². The van der Waals surface area contributed by atoms with Crippen molar-refractivity contribution in [2.45, 2.75) is 38.7 Å². The molecule has 15 heavy (non-hydrogen) atoms. The summed E-state index contributed by atoms with van der Waals surface area (Å²) in [7, 11) is 0. The summed E-state index contributed by atoms with van der Waals surface area (Å²) in [4.78, 5) is 0. The Kier molecular flexibility index (Phi) is 2.47. The van der Waals surface area contributed by atoms with Crippen LogP contribution >= 0.6 is 0 Å². The number of aryl methyl sites for hydroxylation is 1. The SMILES string of the molecule is Cc1cccc2c1C(CC(C)(C)O)CN2. The zero-order valence-electron chi connectivity index (χ0n) is 9.67. The molecule has 0 spiro atoms. The Morgan fingerprint density at radius 1 is 1.47 bits per heavy atom. The van der Waals surface area contributed by atoms with Crippen molar-refractivity contribution in [3.05, 3.63) is 29.3 Å². The number of benzene rings is 1. The number of fused-ring (bicyclic) bond motifs is 1. The van der Waals surface area contributed by atoms with Gasteiger partial charge in [-0.25, -0.2) is 0 Å². The van der Waals surface area contributed by atoms with Crippen molar-refractivity contribution >= 4 is 5.69 Å². The Balaban J connectivity index is 2.28. The monoisotopic (exact) mass is 205 g/mol. The summed E-state index contributed by atoms with van der Waals surface area (Å²) in [5.74, 6) is 0.446. The maximum atomic E-state index is 9.87. The van der Waals surface area contributed by atoms with Crippen molar-refractivity contribution in [1.82, 2.24) is 0 Å². The van der Waals surface area contributed by atoms with Gasteiger partial charge in [0.15, 0.2) is 0 Å². The van der Waals surface area contributed by atoms with Gasteiger partial charge in [0.05, 0.1) is 5.60 Å². The molecule has 1 aromatic carbocycles. The molecule has 1 heterocycles. The fourth-order valence-corrected chi connectivity index (χ4v) is 2.49. The fraction of sp³-hybridized carbons (Fsp3) is 0.538. The highest BCUT2D eigenvalue weighted by Crippen LogP contribution is 2.38. The van der Waals surface area contributed by atoms with E-state index in [1.54, 1.807) is 0 Å². The lowest BCUT2D eigenvalue weighted by atomic mass is 9.87. The van der Waals surface area contributed by atoms with E-state index >= 15 is 0 Å². The molecular formula is C13H19NO. The third-order valence-electron chi connectivity index (χ3n) is 3.02. The maximum absolute atomic E-state index is 9.87. The summed E-state index contributed by atoms with van der Waals surface area (Å²) in [5.41, 5.74) is 3.37. The van der Waals surface area contributed by atoms with Crippen molar-refractivity contribution in [3.63, 3.8) is 0 Å². The zero-order chi connectivity index (χ0) is 11.1. The minimum Gasteiger partial charge on any atom is -0.390 e. The minimum atomic E-state index is -0.587. The van der Waals surface area contributed by atoms with Crippen LogP contribution in [0.15, 0.2) is 18.2 Å². The second kappa shape index (κ2) is 3.53. The molecule has 82 valence electrons. The molecule has 1 aliphatic rings. The van der Waals surface area contributed by atoms with Crippen LogP contribution in [0.25, 0.3) is 0 Å². The first-order valence-corrected chi connectivity index (χ1v) is 5.53. The van der Waals surface area contributed by atoms with Gasteiger partial charge in [0.25, 0.3) is 0 Å². The van der Waals surface area contributed by atoms with Crippen LogP contribution in [0.5, 0.6) is 0 Å². The van der Waals surface area contributed by atoms with E-state index in [9.17, 15) is 5.11 Å². The summed E-state index contributed by atoms with van der Waals surface area (Å²) in [6, 6.07) is 6.34. The van der Waals surface area contributed by atoms with Crippen LogP contribution in [-0.2, 0) is 0 Å². The van der Waals surface area contributed by atoms with Gasteiger partial charge in [-0.2, -0.15) is 0 Å². The number of nitrogens with one attached hydrogen (secondary N) is 1. The van der Waals surface area contributed by atoms with Gasteiger partial charge < -0.3 is 10.4 Å². The van der Waals surface area contributed by atoms with Gasteiger partial charge in [-0.05, 0) is 44.4 Å². The molecular weight excluding hydrogens is 186 g/mol. The van der Waals surface area contributed by atoms with E-state index in [4.69, 9.17) is 0 Å². The molecule has 1 unspecified atom stereocenters. The van der Waals surface area contributed by atoms with E-state index in [2.05, 4.69) is 30.4 Å². The predicted octanol–water partition coefficient (Wildman–Crippen LogP) is 2.67. The molecule has 2 N–H and O–H groups in total. The first-order valence-electron chi connectivity index (χ1n) is 5.53. The molecule has 0 bridgehead atoms. The van der Waals surface area contributed by atoms with E-state index in [0.717, 1.165) is 13.0 Å². The lowest BCUT2D eigenvalue weighted by Gasteiger charge is -2.22. The van der Waals surface area contributed by atoms with E-state index in [0.29, 0.717) is 5.92 Å². The van der Waals surface area contributed by atoms with Crippen molar-refractivity contribution < 1.29 is 5.11 Å². The molecule has 2 rings (SSSR count). The molecule has 1 aromatic rings. The molecule has 0 fully saturated rings. The summed E-state index contributed by atoms with van der Waals surface area (Å²) in [5, 5.41) is 13.3. The lowest BCUT2D eigenvalue weighted by molar-refractivity contribution is 0.0647. The first-order chi connectivity index (χ1) is 6.97. The van der Waals surface area contributed by atoms with Gasteiger partial charge in [-0.15, -0.1) is 0 Å². The quantitative estimate of drug-likeness (QED) is 0.778. The van der Waals surface area contributed by atoms with E-state index < -0.39 is 5.60 Å². The van der Waals surface area contributed by atoms with E-state index in [-0.39, 0.29) is 0 Å². The maximum Gasteiger partial charge on any atom is 0.0598 e. The fourth-order valence-electron chi connectivity index (χ4n) is 2.49. The highest BCUT2D eigenvalue weighted by Gasteiger charge is 2.28. The molecule has 0 amide bonds. The predicted molar refractivity (Wildman–Crippen MR) is 63.3 cm³/mol. The molecule has 1 atom stereocenters. The first kappa shape index (κ1) is 10.5. The normalized spacial score (nSPS) is 19.9. The van der Waals surface area contributed by atoms with Gasteiger partial charge in [0.1, 0.15) is 0 Å². The van der Waals surface area contributed by atoms with Crippen LogP contribution in [0.4, 0.5) is 5.69 Å². The molecule has 0 saturated heterocycles. The van der Waals surface area contributed by atoms with Crippen LogP contribution in [0, 0.1) is 6.92 Å². The van der Waals surface area contributed by atoms with Crippen LogP contribution in [0.1, 0.15) is 37.3 Å². The molecule has 0 radical (unpaired) electrons. The Morgan fingerprint density at radius 3 is 2.87 bits per heavy atom. The Labute approximate surface area is 91.3 Å². The second-order valence-corrected chi connectivity index (χ2v) is 5.13. The Hall–Kier alpha value is -1.02. The second-order valence-electron chi connectivity index (χ2n) is 5.13. The summed E-state index contributed by atoms with van der Waals surface area (Å²) in [6.45, 7) is 6.85. The van der Waals surface area contributed by atoms with Crippen molar-refractivity contribution in [1.29, 1.82) is 0 Å². The summed E-state index contributed by atoms with van der Waals surface area (Å²) < 4.78 is 0. The molecule has 1 aliphatic heterocycles. The van der Waals surface area contributed by atoms with Crippen LogP contribution in [-0.4, -0.2) is 17.3 Å². The van der Waals surface area contributed by atoms with E-state index in [1.807, 2.05) is 13.8 Å². The average Bonchev–Trinajstić information content (AvgIpc) is 2.47. The summed E-state index contributed by atoms with van der Waals surface area (Å²) >= 11 is 0. The van der Waals surface area contributed by atoms with Gasteiger partial charge in [-0.3, -0.25) is 0 Å². The molecule has 0 aromatic heterocycles. The van der Waals surface area contributed by atoms with E-state index in [1.165, 1.54) is 16.8 Å². The van der Waals surface area contributed by atoms with Crippen LogP contribution in [0.2, 0.25) is 0 Å². The standard InChI is InChI=1S/C13H19NO/c1-9-5-4-6-11-12(9)10(8-14-11)7-13(2,3)15/h4-6,10,14-15H,7-8H2,1-3H3. The highest BCUT2D eigenvalue weighted by atomic mass is 16.3. The minimum absolute atomic E-state index is 0.446. The average molecular weight is 205 g/mol. The van der Waals surface area contributed by atoms with Crippen molar-refractivity contribution in [2.24, 2.45) is 0 Å². The molecule has 0 saturated carbocycles. The summed E-state index contributed by atoms with van der Waals surface area (Å²) in [6.07, 6.45) is 0.817. The largest absolute Gasteiger partial charge is 0.390 e. The molecule has 2 nitrogen and oxygen atoms in total. The Bertz CT molecular complexity index is 365. The third-order valence-corrected chi connectivity index (χ3v) is 3.02. The lowest BCUT2D eigenvalue weighted by Crippen LogP contribution is -2.23. The number of aliphatic hydroxyl groups is 1. The number of hydrogen-bond donors (Lipinski definition) is 2. The van der Waals surface area contributed by atoms with Crippen LogP contribution < -0.4 is 5.32 Å². The highest BCUT2D eigenvalue weighted by molar-refractivity contribution is 5.60. The third kappa shape index (κ3) is 2.15. The van der Waals surface area contributed by atoms with Crippen LogP contribution in [0.3, 0.4) is 0 Å². The smallest absolute Gasteiger partial charge is 0.0598 e.